The van der Waals surface area contributed by atoms with Crippen LogP contribution in [0.25, 0.3) is 0 Å². The van der Waals surface area contributed by atoms with Gasteiger partial charge in [0.15, 0.2) is 0 Å². The van der Waals surface area contributed by atoms with Crippen molar-refractivity contribution in [1.29, 1.82) is 0 Å². The number of morpholine rings is 1. The quantitative estimate of drug-likeness (QED) is 0.267. The summed E-state index contributed by atoms with van der Waals surface area (Å²) in [6, 6.07) is 0. The average Bonchev–Trinajstić information content (AvgIpc) is 2.73. The number of ether oxygens (including phenoxy) is 4. The number of carbonyl (C=O) groups is 3. The maximum atomic E-state index is 12.5. The van der Waals surface area contributed by atoms with E-state index < -0.39 is 17.4 Å². The molecule has 0 radical (unpaired) electrons. The number of carbonyl (C=O) groups excluding carboxylic acids is 3. The molecule has 0 aromatic rings. The highest BCUT2D eigenvalue weighted by Crippen LogP contribution is 2.25. The number of rotatable bonds is 12. The second kappa shape index (κ2) is 12.5. The minimum atomic E-state index is -0.857. The molecule has 0 bridgehead atoms. The van der Waals surface area contributed by atoms with Crippen molar-refractivity contribution in [2.75, 3.05) is 52.7 Å². The zero-order chi connectivity index (χ0) is 22.7. The highest BCUT2D eigenvalue weighted by Gasteiger charge is 2.35. The third kappa shape index (κ3) is 8.67. The zero-order valence-corrected chi connectivity index (χ0v) is 18.7. The van der Waals surface area contributed by atoms with Crippen LogP contribution < -0.4 is 0 Å². The van der Waals surface area contributed by atoms with Crippen LogP contribution in [0.2, 0.25) is 0 Å². The van der Waals surface area contributed by atoms with Gasteiger partial charge in [0.2, 0.25) is 0 Å². The van der Waals surface area contributed by atoms with Gasteiger partial charge in [-0.2, -0.15) is 0 Å². The fourth-order valence-corrected chi connectivity index (χ4v) is 2.73. The van der Waals surface area contributed by atoms with Gasteiger partial charge in [-0.15, -0.1) is 0 Å². The summed E-state index contributed by atoms with van der Waals surface area (Å²) in [4.78, 5) is 38.4. The predicted molar refractivity (Wildman–Crippen MR) is 112 cm³/mol. The maximum Gasteiger partial charge on any atom is 0.333 e. The van der Waals surface area contributed by atoms with Gasteiger partial charge in [-0.3, -0.25) is 9.69 Å². The Kier molecular flexibility index (Phi) is 10.8. The Morgan fingerprint density at radius 1 is 0.967 bits per heavy atom. The van der Waals surface area contributed by atoms with Crippen LogP contribution in [-0.4, -0.2) is 75.5 Å². The van der Waals surface area contributed by atoms with Crippen LogP contribution >= 0.6 is 0 Å². The standard InChI is InChI=1S/C22H35NO7/c1-7-22(13-28-19(24)16(2)3,14-29-20(25)17(4)5)15-30-21(26)18(6)12-23-8-10-27-11-9-23/h18H,2,4,7-15H2,1,3,5-6H3. The molecule has 1 atom stereocenters. The number of hydrogen-bond donors (Lipinski definition) is 0. The smallest absolute Gasteiger partial charge is 0.333 e. The first-order chi connectivity index (χ1) is 14.1. The first-order valence-corrected chi connectivity index (χ1v) is 10.2. The lowest BCUT2D eigenvalue weighted by Crippen LogP contribution is -2.42. The molecule has 0 saturated carbocycles. The van der Waals surface area contributed by atoms with E-state index in [1.165, 1.54) is 0 Å². The summed E-state index contributed by atoms with van der Waals surface area (Å²) in [5, 5.41) is 0. The molecule has 0 aromatic carbocycles. The van der Waals surface area contributed by atoms with Crippen LogP contribution in [0, 0.1) is 11.3 Å². The van der Waals surface area contributed by atoms with Crippen LogP contribution in [0.4, 0.5) is 0 Å². The second-order valence-corrected chi connectivity index (χ2v) is 7.99. The van der Waals surface area contributed by atoms with Gasteiger partial charge in [-0.05, 0) is 20.3 Å². The van der Waals surface area contributed by atoms with Crippen molar-refractivity contribution in [2.24, 2.45) is 11.3 Å². The van der Waals surface area contributed by atoms with Crippen molar-refractivity contribution < 1.29 is 33.3 Å². The summed E-state index contributed by atoms with van der Waals surface area (Å²) < 4.78 is 21.5. The fourth-order valence-electron chi connectivity index (χ4n) is 2.73. The molecule has 0 amide bonds. The molecule has 1 heterocycles. The Labute approximate surface area is 179 Å². The molecule has 1 rings (SSSR count). The van der Waals surface area contributed by atoms with E-state index in [0.29, 0.717) is 26.2 Å². The first kappa shape index (κ1) is 25.8. The minimum Gasteiger partial charge on any atom is -0.465 e. The number of nitrogens with zero attached hydrogens (tertiary/aromatic N) is 1. The number of hydrogen-bond acceptors (Lipinski definition) is 8. The molecule has 1 aliphatic heterocycles. The Morgan fingerprint density at radius 3 is 1.87 bits per heavy atom. The fraction of sp³-hybridized carbons (Fsp3) is 0.682. The van der Waals surface area contributed by atoms with Crippen LogP contribution in [0.1, 0.15) is 34.1 Å². The number of esters is 3. The van der Waals surface area contributed by atoms with Gasteiger partial charge in [0.1, 0.15) is 19.8 Å². The van der Waals surface area contributed by atoms with Crippen molar-refractivity contribution in [2.45, 2.75) is 34.1 Å². The van der Waals surface area contributed by atoms with E-state index in [1.807, 2.05) is 13.8 Å². The van der Waals surface area contributed by atoms with Crippen LogP contribution in [0.5, 0.6) is 0 Å². The summed E-state index contributed by atoms with van der Waals surface area (Å²) in [7, 11) is 0. The van der Waals surface area contributed by atoms with Crippen LogP contribution in [-0.2, 0) is 33.3 Å². The molecule has 1 unspecified atom stereocenters. The monoisotopic (exact) mass is 425 g/mol. The van der Waals surface area contributed by atoms with Crippen molar-refractivity contribution in [3.63, 3.8) is 0 Å². The van der Waals surface area contributed by atoms with Gasteiger partial charge < -0.3 is 18.9 Å². The zero-order valence-electron chi connectivity index (χ0n) is 18.7. The summed E-state index contributed by atoms with van der Waals surface area (Å²) in [6.45, 7) is 17.2. The Morgan fingerprint density at radius 2 is 1.43 bits per heavy atom. The summed E-state index contributed by atoms with van der Waals surface area (Å²) in [5.74, 6) is -1.78. The Bertz CT molecular complexity index is 607. The van der Waals surface area contributed by atoms with E-state index >= 15 is 0 Å². The second-order valence-electron chi connectivity index (χ2n) is 7.99. The van der Waals surface area contributed by atoms with Crippen LogP contribution in [0.3, 0.4) is 0 Å². The molecule has 0 spiro atoms. The topological polar surface area (TPSA) is 91.4 Å². The van der Waals surface area contributed by atoms with E-state index in [9.17, 15) is 14.4 Å². The molecule has 1 saturated heterocycles. The van der Waals surface area contributed by atoms with Gasteiger partial charge in [0, 0.05) is 30.8 Å². The Balaban J connectivity index is 2.74. The Hall–Kier alpha value is -2.19. The van der Waals surface area contributed by atoms with Crippen molar-refractivity contribution >= 4 is 17.9 Å². The maximum absolute atomic E-state index is 12.5. The van der Waals surface area contributed by atoms with E-state index in [0.717, 1.165) is 13.1 Å². The first-order valence-electron chi connectivity index (χ1n) is 10.2. The van der Waals surface area contributed by atoms with Gasteiger partial charge in [0.05, 0.1) is 24.5 Å². The lowest BCUT2D eigenvalue weighted by molar-refractivity contribution is -0.162. The van der Waals surface area contributed by atoms with Gasteiger partial charge in [-0.1, -0.05) is 27.0 Å². The van der Waals surface area contributed by atoms with Crippen molar-refractivity contribution in [1.82, 2.24) is 4.90 Å². The third-order valence-electron chi connectivity index (χ3n) is 5.02. The van der Waals surface area contributed by atoms with Crippen molar-refractivity contribution in [3.05, 3.63) is 24.3 Å². The molecule has 170 valence electrons. The lowest BCUT2D eigenvalue weighted by Gasteiger charge is -2.32. The van der Waals surface area contributed by atoms with Crippen molar-refractivity contribution in [3.8, 4) is 0 Å². The van der Waals surface area contributed by atoms with Gasteiger partial charge in [0.25, 0.3) is 0 Å². The normalized spacial score (nSPS) is 15.7. The SMILES string of the molecule is C=C(C)C(=O)OCC(CC)(COC(=O)C(=C)C)COC(=O)C(C)CN1CCOCC1. The molecule has 8 heteroatoms. The lowest BCUT2D eigenvalue weighted by atomic mass is 9.88. The summed E-state index contributed by atoms with van der Waals surface area (Å²) in [5.41, 5.74) is -0.338. The highest BCUT2D eigenvalue weighted by atomic mass is 16.6. The average molecular weight is 426 g/mol. The highest BCUT2D eigenvalue weighted by molar-refractivity contribution is 5.87. The molecular weight excluding hydrogens is 390 g/mol. The molecule has 1 aliphatic rings. The van der Waals surface area contributed by atoms with E-state index in [4.69, 9.17) is 18.9 Å². The minimum absolute atomic E-state index is 0.0390. The molecule has 8 nitrogen and oxygen atoms in total. The molecule has 0 N–H and O–H groups in total. The molecule has 30 heavy (non-hydrogen) atoms. The summed E-state index contributed by atoms with van der Waals surface area (Å²) in [6.07, 6.45) is 0.463. The van der Waals surface area contributed by atoms with Crippen LogP contribution in [0.15, 0.2) is 24.3 Å². The van der Waals surface area contributed by atoms with E-state index in [-0.39, 0.29) is 42.9 Å². The van der Waals surface area contributed by atoms with E-state index in [2.05, 4.69) is 18.1 Å². The molecule has 1 fully saturated rings. The summed E-state index contributed by atoms with van der Waals surface area (Å²) >= 11 is 0. The van der Waals surface area contributed by atoms with Gasteiger partial charge in [-0.25, -0.2) is 9.59 Å². The van der Waals surface area contributed by atoms with Gasteiger partial charge >= 0.3 is 17.9 Å². The third-order valence-corrected chi connectivity index (χ3v) is 5.02. The largest absolute Gasteiger partial charge is 0.465 e. The molecule has 0 aromatic heterocycles. The van der Waals surface area contributed by atoms with E-state index in [1.54, 1.807) is 13.8 Å². The molecular formula is C22H35NO7. The molecule has 0 aliphatic carbocycles. The predicted octanol–water partition coefficient (Wildman–Crippen LogP) is 2.13.